The summed E-state index contributed by atoms with van der Waals surface area (Å²) in [6.45, 7) is 5.09. The monoisotopic (exact) mass is 337 g/mol. The van der Waals surface area contributed by atoms with E-state index < -0.39 is 11.6 Å². The molecule has 0 aliphatic carbocycles. The fraction of sp³-hybridized carbons (Fsp3) is 0.250. The number of nitriles is 1. The molecule has 0 aliphatic heterocycles. The molecule has 5 nitrogen and oxygen atoms in total. The second-order valence-electron chi connectivity index (χ2n) is 6.44. The van der Waals surface area contributed by atoms with E-state index in [9.17, 15) is 9.59 Å². The molecule has 0 aromatic heterocycles. The maximum absolute atomic E-state index is 11.9. The van der Waals surface area contributed by atoms with Crippen LogP contribution in [0, 0.1) is 11.3 Å². The predicted molar refractivity (Wildman–Crippen MR) is 93.3 cm³/mol. The van der Waals surface area contributed by atoms with Crippen molar-refractivity contribution in [2.75, 3.05) is 6.61 Å². The van der Waals surface area contributed by atoms with Gasteiger partial charge >= 0.3 is 5.97 Å². The molecule has 2 aromatic carbocycles. The number of rotatable bonds is 5. The van der Waals surface area contributed by atoms with Crippen LogP contribution in [0.5, 0.6) is 5.75 Å². The number of aldehydes is 1. The first kappa shape index (κ1) is 18.2. The average Bonchev–Trinajstić information content (AvgIpc) is 2.58. The van der Waals surface area contributed by atoms with Gasteiger partial charge in [0.25, 0.3) is 0 Å². The number of ether oxygens (including phenoxy) is 2. The van der Waals surface area contributed by atoms with Crippen molar-refractivity contribution in [3.8, 4) is 22.9 Å². The van der Waals surface area contributed by atoms with Gasteiger partial charge in [-0.15, -0.1) is 0 Å². The minimum absolute atomic E-state index is 0.247. The number of nitrogens with zero attached hydrogens (tertiary/aromatic N) is 1. The fourth-order valence-corrected chi connectivity index (χ4v) is 2.24. The molecule has 0 N–H and O–H groups in total. The second-order valence-corrected chi connectivity index (χ2v) is 6.44. The topological polar surface area (TPSA) is 76.4 Å². The van der Waals surface area contributed by atoms with Crippen molar-refractivity contribution in [2.45, 2.75) is 26.4 Å². The van der Waals surface area contributed by atoms with E-state index in [0.29, 0.717) is 22.4 Å². The normalized spacial score (nSPS) is 10.6. The Morgan fingerprint density at radius 2 is 1.96 bits per heavy atom. The molecular weight excluding hydrogens is 318 g/mol. The van der Waals surface area contributed by atoms with Crippen molar-refractivity contribution in [1.82, 2.24) is 0 Å². The Balaban J connectivity index is 2.30. The van der Waals surface area contributed by atoms with Crippen LogP contribution >= 0.6 is 0 Å². The number of carbonyl (C=O) groups is 2. The number of hydrogen-bond acceptors (Lipinski definition) is 5. The van der Waals surface area contributed by atoms with Crippen LogP contribution in [0.15, 0.2) is 42.5 Å². The van der Waals surface area contributed by atoms with Crippen LogP contribution in [0.25, 0.3) is 11.1 Å². The first-order valence-electron chi connectivity index (χ1n) is 7.77. The summed E-state index contributed by atoms with van der Waals surface area (Å²) in [5.41, 5.74) is 1.73. The Kier molecular flexibility index (Phi) is 5.56. The summed E-state index contributed by atoms with van der Waals surface area (Å²) >= 11 is 0. The van der Waals surface area contributed by atoms with E-state index in [-0.39, 0.29) is 6.61 Å². The van der Waals surface area contributed by atoms with Crippen molar-refractivity contribution in [3.05, 3.63) is 53.6 Å². The number of esters is 1. The lowest BCUT2D eigenvalue weighted by Crippen LogP contribution is -2.27. The molecule has 0 radical (unpaired) electrons. The summed E-state index contributed by atoms with van der Waals surface area (Å²) < 4.78 is 10.8. The summed E-state index contributed by atoms with van der Waals surface area (Å²) in [6.07, 6.45) is 0.731. The van der Waals surface area contributed by atoms with Gasteiger partial charge in [-0.25, -0.2) is 4.79 Å². The van der Waals surface area contributed by atoms with Crippen LogP contribution in [0.2, 0.25) is 0 Å². The maximum Gasteiger partial charge on any atom is 0.344 e. The largest absolute Gasteiger partial charge is 0.481 e. The quantitative estimate of drug-likeness (QED) is 0.613. The highest BCUT2D eigenvalue weighted by molar-refractivity contribution is 5.82. The van der Waals surface area contributed by atoms with Gasteiger partial charge in [0, 0.05) is 11.1 Å². The molecule has 128 valence electrons. The Labute approximate surface area is 146 Å². The van der Waals surface area contributed by atoms with Gasteiger partial charge in [0.1, 0.15) is 17.6 Å². The Hall–Kier alpha value is -3.13. The maximum atomic E-state index is 11.9. The highest BCUT2D eigenvalue weighted by Gasteiger charge is 2.17. The summed E-state index contributed by atoms with van der Waals surface area (Å²) in [4.78, 5) is 22.9. The average molecular weight is 337 g/mol. The minimum atomic E-state index is -0.591. The van der Waals surface area contributed by atoms with E-state index in [1.165, 1.54) is 0 Å². The molecule has 25 heavy (non-hydrogen) atoms. The molecule has 0 fully saturated rings. The molecule has 0 saturated heterocycles. The van der Waals surface area contributed by atoms with E-state index in [4.69, 9.17) is 14.7 Å². The molecule has 0 unspecified atom stereocenters. The highest BCUT2D eigenvalue weighted by atomic mass is 16.6. The molecule has 2 aromatic rings. The summed E-state index contributed by atoms with van der Waals surface area (Å²) in [6, 6.07) is 13.9. The van der Waals surface area contributed by atoms with E-state index in [0.717, 1.165) is 11.8 Å². The van der Waals surface area contributed by atoms with Crippen LogP contribution in [-0.2, 0) is 9.53 Å². The standard InChI is InChI=1S/C20H19NO4/c1-20(2,3)25-19(23)13-24-18-8-7-15(12-22)10-17(18)16-6-4-5-14(9-16)11-21/h4-10,12H,13H2,1-3H3. The van der Waals surface area contributed by atoms with Crippen molar-refractivity contribution in [1.29, 1.82) is 5.26 Å². The van der Waals surface area contributed by atoms with E-state index in [1.807, 2.05) is 6.07 Å². The lowest BCUT2D eigenvalue weighted by molar-refractivity contribution is -0.157. The molecule has 0 saturated carbocycles. The summed E-state index contributed by atoms with van der Waals surface area (Å²) in [5, 5.41) is 9.06. The molecule has 0 aliphatic rings. The second kappa shape index (κ2) is 7.63. The van der Waals surface area contributed by atoms with Gasteiger partial charge in [-0.1, -0.05) is 12.1 Å². The summed E-state index contributed by atoms with van der Waals surface area (Å²) in [5.74, 6) is -0.0461. The molecule has 0 bridgehead atoms. The van der Waals surface area contributed by atoms with Crippen LogP contribution in [0.4, 0.5) is 0 Å². The molecular formula is C20H19NO4. The van der Waals surface area contributed by atoms with Crippen LogP contribution < -0.4 is 4.74 Å². The lowest BCUT2D eigenvalue weighted by Gasteiger charge is -2.20. The fourth-order valence-electron chi connectivity index (χ4n) is 2.24. The van der Waals surface area contributed by atoms with Gasteiger partial charge in [-0.3, -0.25) is 4.79 Å². The Morgan fingerprint density at radius 1 is 1.20 bits per heavy atom. The van der Waals surface area contributed by atoms with E-state index >= 15 is 0 Å². The van der Waals surface area contributed by atoms with Gasteiger partial charge in [0.15, 0.2) is 6.61 Å². The smallest absolute Gasteiger partial charge is 0.344 e. The van der Waals surface area contributed by atoms with Gasteiger partial charge in [0.05, 0.1) is 11.6 Å². The van der Waals surface area contributed by atoms with E-state index in [2.05, 4.69) is 6.07 Å². The van der Waals surface area contributed by atoms with Crippen LogP contribution in [0.3, 0.4) is 0 Å². The lowest BCUT2D eigenvalue weighted by atomic mass is 10.0. The van der Waals surface area contributed by atoms with Gasteiger partial charge in [-0.2, -0.15) is 5.26 Å². The van der Waals surface area contributed by atoms with E-state index in [1.54, 1.807) is 57.2 Å². The molecule has 0 atom stereocenters. The third kappa shape index (κ3) is 5.18. The molecule has 5 heteroatoms. The van der Waals surface area contributed by atoms with Crippen molar-refractivity contribution in [2.24, 2.45) is 0 Å². The highest BCUT2D eigenvalue weighted by Crippen LogP contribution is 2.31. The van der Waals surface area contributed by atoms with Gasteiger partial charge in [-0.05, 0) is 56.7 Å². The van der Waals surface area contributed by atoms with Crippen molar-refractivity contribution in [3.63, 3.8) is 0 Å². The number of carbonyl (C=O) groups excluding carboxylic acids is 2. The zero-order valence-electron chi connectivity index (χ0n) is 14.4. The van der Waals surface area contributed by atoms with Gasteiger partial charge < -0.3 is 9.47 Å². The van der Waals surface area contributed by atoms with Crippen molar-refractivity contribution < 1.29 is 19.1 Å². The zero-order valence-corrected chi connectivity index (χ0v) is 14.4. The van der Waals surface area contributed by atoms with Crippen molar-refractivity contribution >= 4 is 12.3 Å². The van der Waals surface area contributed by atoms with Gasteiger partial charge in [0.2, 0.25) is 0 Å². The SMILES string of the molecule is CC(C)(C)OC(=O)COc1ccc(C=O)cc1-c1cccc(C#N)c1. The van der Waals surface area contributed by atoms with Crippen LogP contribution in [-0.4, -0.2) is 24.5 Å². The summed E-state index contributed by atoms with van der Waals surface area (Å²) in [7, 11) is 0. The number of hydrogen-bond donors (Lipinski definition) is 0. The number of benzene rings is 2. The van der Waals surface area contributed by atoms with Crippen LogP contribution in [0.1, 0.15) is 36.7 Å². The third-order valence-corrected chi connectivity index (χ3v) is 3.21. The first-order chi connectivity index (χ1) is 11.8. The zero-order chi connectivity index (χ0) is 18.4. The molecule has 0 spiro atoms. The minimum Gasteiger partial charge on any atom is -0.481 e. The first-order valence-corrected chi connectivity index (χ1v) is 7.77. The molecule has 2 rings (SSSR count). The third-order valence-electron chi connectivity index (χ3n) is 3.21. The molecule has 0 amide bonds. The predicted octanol–water partition coefficient (Wildman–Crippen LogP) is 3.76. The Morgan fingerprint density at radius 3 is 2.60 bits per heavy atom. The Bertz CT molecular complexity index is 828. The molecule has 0 heterocycles.